The van der Waals surface area contributed by atoms with E-state index in [2.05, 4.69) is 0 Å². The average Bonchev–Trinajstić information content (AvgIpc) is 2.66. The fraction of sp³-hybridized carbons (Fsp3) is 0.0952. The van der Waals surface area contributed by atoms with Crippen molar-refractivity contribution >= 4 is 5.97 Å². The Hall–Kier alpha value is -3.27. The van der Waals surface area contributed by atoms with Crippen molar-refractivity contribution in [2.75, 3.05) is 0 Å². The van der Waals surface area contributed by atoms with Crippen molar-refractivity contribution in [1.29, 1.82) is 0 Å². The molecule has 0 spiro atoms. The van der Waals surface area contributed by atoms with E-state index in [4.69, 9.17) is 9.47 Å². The SMILES string of the molecule is O=C(O)C(Oc1cccc(OCc2ccccc2)c1)c1ccccc1. The lowest BCUT2D eigenvalue weighted by atomic mass is 10.1. The second-order valence-corrected chi connectivity index (χ2v) is 5.50. The van der Waals surface area contributed by atoms with Crippen molar-refractivity contribution in [2.45, 2.75) is 12.7 Å². The summed E-state index contributed by atoms with van der Waals surface area (Å²) in [7, 11) is 0. The number of carbonyl (C=O) groups is 1. The lowest BCUT2D eigenvalue weighted by Gasteiger charge is -2.16. The van der Waals surface area contributed by atoms with Gasteiger partial charge in [0, 0.05) is 11.6 Å². The van der Waals surface area contributed by atoms with Crippen molar-refractivity contribution in [3.63, 3.8) is 0 Å². The van der Waals surface area contributed by atoms with E-state index in [1.54, 1.807) is 42.5 Å². The van der Waals surface area contributed by atoms with Crippen molar-refractivity contribution in [1.82, 2.24) is 0 Å². The van der Waals surface area contributed by atoms with Crippen molar-refractivity contribution in [2.24, 2.45) is 0 Å². The first kappa shape index (κ1) is 16.6. The number of carboxylic acids is 1. The Morgan fingerprint density at radius 3 is 2.16 bits per heavy atom. The van der Waals surface area contributed by atoms with Gasteiger partial charge in [0.05, 0.1) is 0 Å². The molecule has 0 aliphatic rings. The highest BCUT2D eigenvalue weighted by Crippen LogP contribution is 2.26. The average molecular weight is 334 g/mol. The maximum Gasteiger partial charge on any atom is 0.349 e. The number of benzene rings is 3. The molecular weight excluding hydrogens is 316 g/mol. The zero-order valence-corrected chi connectivity index (χ0v) is 13.5. The molecule has 0 heterocycles. The Labute approximate surface area is 146 Å². The van der Waals surface area contributed by atoms with Crippen molar-refractivity contribution in [3.8, 4) is 11.5 Å². The summed E-state index contributed by atoms with van der Waals surface area (Å²) in [4.78, 5) is 11.5. The Morgan fingerprint density at radius 1 is 0.840 bits per heavy atom. The summed E-state index contributed by atoms with van der Waals surface area (Å²) in [6, 6.07) is 25.7. The third-order valence-corrected chi connectivity index (χ3v) is 3.63. The van der Waals surface area contributed by atoms with Gasteiger partial charge in [0.25, 0.3) is 0 Å². The molecule has 0 saturated heterocycles. The van der Waals surface area contributed by atoms with Gasteiger partial charge in [-0.2, -0.15) is 0 Å². The summed E-state index contributed by atoms with van der Waals surface area (Å²) in [6.45, 7) is 0.436. The van der Waals surface area contributed by atoms with Crippen LogP contribution in [0.2, 0.25) is 0 Å². The first-order valence-corrected chi connectivity index (χ1v) is 7.93. The van der Waals surface area contributed by atoms with Gasteiger partial charge in [-0.1, -0.05) is 66.7 Å². The molecule has 0 saturated carbocycles. The monoisotopic (exact) mass is 334 g/mol. The van der Waals surface area contributed by atoms with Crippen LogP contribution in [0.25, 0.3) is 0 Å². The molecule has 0 aromatic heterocycles. The number of hydrogen-bond acceptors (Lipinski definition) is 3. The number of carboxylic acid groups (broad SMARTS) is 1. The van der Waals surface area contributed by atoms with Crippen LogP contribution in [0.4, 0.5) is 0 Å². The quantitative estimate of drug-likeness (QED) is 0.692. The minimum Gasteiger partial charge on any atom is -0.489 e. The number of rotatable bonds is 7. The second kappa shape index (κ2) is 8.02. The topological polar surface area (TPSA) is 55.8 Å². The van der Waals surface area contributed by atoms with E-state index < -0.39 is 12.1 Å². The summed E-state index contributed by atoms with van der Waals surface area (Å²) >= 11 is 0. The highest BCUT2D eigenvalue weighted by Gasteiger charge is 2.21. The van der Waals surface area contributed by atoms with E-state index in [1.165, 1.54) is 0 Å². The standard InChI is InChI=1S/C21H18O4/c22-21(23)20(17-10-5-2-6-11-17)25-19-13-7-12-18(14-19)24-15-16-8-3-1-4-9-16/h1-14,20H,15H2,(H,22,23). The van der Waals surface area contributed by atoms with Crippen molar-refractivity contribution in [3.05, 3.63) is 96.1 Å². The van der Waals surface area contributed by atoms with Gasteiger partial charge in [0.1, 0.15) is 18.1 Å². The summed E-state index contributed by atoms with van der Waals surface area (Å²) in [6.07, 6.45) is -1.06. The van der Waals surface area contributed by atoms with Gasteiger partial charge in [0.15, 0.2) is 0 Å². The fourth-order valence-electron chi connectivity index (χ4n) is 2.40. The molecule has 0 radical (unpaired) electrons. The van der Waals surface area contributed by atoms with E-state index in [0.717, 1.165) is 5.56 Å². The third kappa shape index (κ3) is 4.61. The third-order valence-electron chi connectivity index (χ3n) is 3.63. The zero-order chi connectivity index (χ0) is 17.5. The molecule has 0 bridgehead atoms. The lowest BCUT2D eigenvalue weighted by molar-refractivity contribution is -0.145. The van der Waals surface area contributed by atoms with E-state index in [0.29, 0.717) is 23.7 Å². The largest absolute Gasteiger partial charge is 0.489 e. The normalized spacial score (nSPS) is 11.5. The van der Waals surface area contributed by atoms with Crippen LogP contribution in [0.15, 0.2) is 84.9 Å². The predicted molar refractivity (Wildman–Crippen MR) is 94.7 cm³/mol. The number of ether oxygens (including phenoxy) is 2. The Balaban J connectivity index is 1.71. The van der Waals surface area contributed by atoms with Crippen LogP contribution in [0, 0.1) is 0 Å². The molecule has 4 heteroatoms. The molecule has 0 amide bonds. The molecule has 4 nitrogen and oxygen atoms in total. The molecule has 0 aliphatic heterocycles. The van der Waals surface area contributed by atoms with Gasteiger partial charge in [-0.25, -0.2) is 4.79 Å². The highest BCUT2D eigenvalue weighted by atomic mass is 16.5. The van der Waals surface area contributed by atoms with Gasteiger partial charge < -0.3 is 14.6 Å². The minimum absolute atomic E-state index is 0.436. The number of hydrogen-bond donors (Lipinski definition) is 1. The summed E-state index contributed by atoms with van der Waals surface area (Å²) < 4.78 is 11.4. The second-order valence-electron chi connectivity index (χ2n) is 5.50. The van der Waals surface area contributed by atoms with Gasteiger partial charge >= 0.3 is 5.97 Å². The van der Waals surface area contributed by atoms with E-state index in [1.807, 2.05) is 42.5 Å². The lowest BCUT2D eigenvalue weighted by Crippen LogP contribution is -2.18. The molecule has 126 valence electrons. The molecule has 0 fully saturated rings. The summed E-state index contributed by atoms with van der Waals surface area (Å²) in [5.41, 5.74) is 1.65. The zero-order valence-electron chi connectivity index (χ0n) is 13.5. The van der Waals surface area contributed by atoms with E-state index in [9.17, 15) is 9.90 Å². The Morgan fingerprint density at radius 2 is 1.48 bits per heavy atom. The van der Waals surface area contributed by atoms with Crippen LogP contribution in [0.5, 0.6) is 11.5 Å². The molecule has 3 aromatic rings. The highest BCUT2D eigenvalue weighted by molar-refractivity contribution is 5.74. The molecule has 0 aliphatic carbocycles. The van der Waals surface area contributed by atoms with Gasteiger partial charge in [-0.3, -0.25) is 0 Å². The molecule has 25 heavy (non-hydrogen) atoms. The van der Waals surface area contributed by atoms with Crippen LogP contribution in [-0.2, 0) is 11.4 Å². The van der Waals surface area contributed by atoms with Crippen LogP contribution < -0.4 is 9.47 Å². The van der Waals surface area contributed by atoms with Crippen LogP contribution in [0.1, 0.15) is 17.2 Å². The smallest absolute Gasteiger partial charge is 0.349 e. The van der Waals surface area contributed by atoms with Crippen LogP contribution >= 0.6 is 0 Å². The summed E-state index contributed by atoms with van der Waals surface area (Å²) in [5, 5.41) is 9.45. The fourth-order valence-corrected chi connectivity index (χ4v) is 2.40. The first-order chi connectivity index (χ1) is 12.2. The molecule has 3 aromatic carbocycles. The Bertz CT molecular complexity index is 816. The van der Waals surface area contributed by atoms with E-state index >= 15 is 0 Å². The van der Waals surface area contributed by atoms with Crippen molar-refractivity contribution < 1.29 is 19.4 Å². The predicted octanol–water partition coefficient (Wildman–Crippen LogP) is 4.47. The minimum atomic E-state index is -1.06. The van der Waals surface area contributed by atoms with Crippen LogP contribution in [-0.4, -0.2) is 11.1 Å². The van der Waals surface area contributed by atoms with E-state index in [-0.39, 0.29) is 0 Å². The van der Waals surface area contributed by atoms with Gasteiger partial charge in [-0.15, -0.1) is 0 Å². The molecule has 1 atom stereocenters. The van der Waals surface area contributed by atoms with Gasteiger partial charge in [0.2, 0.25) is 6.10 Å². The van der Waals surface area contributed by atoms with Crippen LogP contribution in [0.3, 0.4) is 0 Å². The maximum atomic E-state index is 11.5. The van der Waals surface area contributed by atoms with Gasteiger partial charge in [-0.05, 0) is 17.7 Å². The molecule has 3 rings (SSSR count). The maximum absolute atomic E-state index is 11.5. The molecular formula is C21H18O4. The Kier molecular flexibility index (Phi) is 5.32. The summed E-state index contributed by atoms with van der Waals surface area (Å²) in [5.74, 6) is 0.0298. The molecule has 1 N–H and O–H groups in total. The number of aliphatic carboxylic acids is 1. The first-order valence-electron chi connectivity index (χ1n) is 7.93. The molecule has 1 unspecified atom stereocenters.